The molecule has 1 spiro atoms. The largest absolute Gasteiger partial charge is 0.347 e. The van der Waals surface area contributed by atoms with Crippen LogP contribution in [0.1, 0.15) is 85.5 Å². The van der Waals surface area contributed by atoms with E-state index in [0.717, 1.165) is 56.8 Å². The molecule has 3 rings (SSSR count). The van der Waals surface area contributed by atoms with E-state index in [2.05, 4.69) is 39.2 Å². The highest BCUT2D eigenvalue weighted by molar-refractivity contribution is 4.91. The Bertz CT molecular complexity index is 475. The lowest BCUT2D eigenvalue weighted by Gasteiger charge is -2.43. The second-order valence-electron chi connectivity index (χ2n) is 10.5. The van der Waals surface area contributed by atoms with E-state index in [1.54, 1.807) is 0 Å². The molecule has 0 N–H and O–H groups in total. The number of hydrogen-bond donors (Lipinski definition) is 0. The molecule has 3 nitrogen and oxygen atoms in total. The molecule has 2 saturated carbocycles. The summed E-state index contributed by atoms with van der Waals surface area (Å²) in [7, 11) is 0. The summed E-state index contributed by atoms with van der Waals surface area (Å²) in [6, 6.07) is 0.776. The van der Waals surface area contributed by atoms with Crippen LogP contribution in [0.15, 0.2) is 12.7 Å². The van der Waals surface area contributed by atoms with Gasteiger partial charge in [0.15, 0.2) is 5.79 Å². The van der Waals surface area contributed by atoms with Crippen molar-refractivity contribution in [1.29, 1.82) is 0 Å². The van der Waals surface area contributed by atoms with E-state index < -0.39 is 0 Å². The van der Waals surface area contributed by atoms with Crippen LogP contribution in [0.5, 0.6) is 0 Å². The summed E-state index contributed by atoms with van der Waals surface area (Å²) >= 11 is 0. The minimum Gasteiger partial charge on any atom is -0.347 e. The summed E-state index contributed by atoms with van der Waals surface area (Å²) in [5, 5.41) is 0. The average molecular weight is 378 g/mol. The van der Waals surface area contributed by atoms with Crippen molar-refractivity contribution in [2.45, 2.75) is 103 Å². The molecule has 0 aromatic rings. The zero-order chi connectivity index (χ0) is 19.5. The van der Waals surface area contributed by atoms with Crippen LogP contribution in [0.25, 0.3) is 0 Å². The van der Waals surface area contributed by atoms with Gasteiger partial charge in [0, 0.05) is 32.0 Å². The predicted octanol–water partition coefficient (Wildman–Crippen LogP) is 5.79. The van der Waals surface area contributed by atoms with Crippen LogP contribution in [0.2, 0.25) is 0 Å². The highest BCUT2D eigenvalue weighted by atomic mass is 16.7. The van der Waals surface area contributed by atoms with Crippen molar-refractivity contribution in [1.82, 2.24) is 4.90 Å². The number of rotatable bonds is 9. The molecule has 0 aromatic carbocycles. The Morgan fingerprint density at radius 1 is 1.19 bits per heavy atom. The molecule has 3 heteroatoms. The minimum atomic E-state index is -0.269. The van der Waals surface area contributed by atoms with Crippen molar-refractivity contribution in [3.63, 3.8) is 0 Å². The van der Waals surface area contributed by atoms with Gasteiger partial charge in [0.2, 0.25) is 0 Å². The first-order valence-corrected chi connectivity index (χ1v) is 11.5. The molecule has 27 heavy (non-hydrogen) atoms. The van der Waals surface area contributed by atoms with Crippen LogP contribution in [0.4, 0.5) is 0 Å². The third-order valence-electron chi connectivity index (χ3n) is 7.39. The molecule has 1 atom stereocenters. The third-order valence-corrected chi connectivity index (χ3v) is 7.39. The number of nitrogens with zero attached hydrogens (tertiary/aromatic N) is 1. The van der Waals surface area contributed by atoms with E-state index in [1.807, 2.05) is 6.08 Å². The van der Waals surface area contributed by atoms with Crippen LogP contribution < -0.4 is 0 Å². The van der Waals surface area contributed by atoms with Crippen LogP contribution in [-0.2, 0) is 9.47 Å². The smallest absolute Gasteiger partial charge is 0.168 e. The van der Waals surface area contributed by atoms with Gasteiger partial charge in [-0.15, -0.1) is 6.58 Å². The van der Waals surface area contributed by atoms with Crippen LogP contribution in [0, 0.1) is 17.3 Å². The first kappa shape index (κ1) is 21.3. The summed E-state index contributed by atoms with van der Waals surface area (Å²) in [6.45, 7) is 16.5. The Balaban J connectivity index is 1.44. The quantitative estimate of drug-likeness (QED) is 0.475. The second kappa shape index (κ2) is 8.97. The Kier molecular flexibility index (Phi) is 7.08. The summed E-state index contributed by atoms with van der Waals surface area (Å²) in [4.78, 5) is 2.59. The fraction of sp³-hybridized carbons (Fsp3) is 0.917. The van der Waals surface area contributed by atoms with E-state index in [4.69, 9.17) is 9.47 Å². The Hall–Kier alpha value is -0.380. The zero-order valence-electron chi connectivity index (χ0n) is 18.3. The molecule has 0 bridgehead atoms. The van der Waals surface area contributed by atoms with Gasteiger partial charge in [0.25, 0.3) is 0 Å². The molecule has 0 amide bonds. The average Bonchev–Trinajstić information content (AvgIpc) is 2.93. The highest BCUT2D eigenvalue weighted by Gasteiger charge is 2.46. The van der Waals surface area contributed by atoms with Gasteiger partial charge in [-0.3, -0.25) is 4.90 Å². The lowest BCUT2D eigenvalue weighted by atomic mass is 9.66. The monoisotopic (exact) mass is 377 g/mol. The highest BCUT2D eigenvalue weighted by Crippen LogP contribution is 2.48. The van der Waals surface area contributed by atoms with Gasteiger partial charge in [-0.05, 0) is 55.8 Å². The van der Waals surface area contributed by atoms with Crippen molar-refractivity contribution in [3.8, 4) is 0 Å². The molecular formula is C24H43NO2. The van der Waals surface area contributed by atoms with Crippen molar-refractivity contribution >= 4 is 0 Å². The van der Waals surface area contributed by atoms with E-state index in [9.17, 15) is 0 Å². The van der Waals surface area contributed by atoms with Crippen molar-refractivity contribution in [3.05, 3.63) is 12.7 Å². The lowest BCUT2D eigenvalue weighted by molar-refractivity contribution is -0.198. The zero-order valence-corrected chi connectivity index (χ0v) is 18.3. The van der Waals surface area contributed by atoms with E-state index in [1.165, 1.54) is 38.5 Å². The van der Waals surface area contributed by atoms with Gasteiger partial charge in [0.05, 0.1) is 12.7 Å². The molecule has 1 saturated heterocycles. The Labute approximate surface area is 167 Å². The predicted molar refractivity (Wildman–Crippen MR) is 113 cm³/mol. The van der Waals surface area contributed by atoms with Gasteiger partial charge >= 0.3 is 0 Å². The van der Waals surface area contributed by atoms with Gasteiger partial charge < -0.3 is 9.47 Å². The van der Waals surface area contributed by atoms with E-state index in [0.29, 0.717) is 5.41 Å². The summed E-state index contributed by atoms with van der Waals surface area (Å²) < 4.78 is 12.8. The Morgan fingerprint density at radius 3 is 2.44 bits per heavy atom. The molecule has 1 heterocycles. The van der Waals surface area contributed by atoms with Crippen LogP contribution in [0.3, 0.4) is 0 Å². The summed E-state index contributed by atoms with van der Waals surface area (Å²) in [6.07, 6.45) is 13.5. The first-order valence-electron chi connectivity index (χ1n) is 11.5. The second-order valence-corrected chi connectivity index (χ2v) is 10.5. The van der Waals surface area contributed by atoms with Crippen molar-refractivity contribution in [2.24, 2.45) is 17.3 Å². The fourth-order valence-electron chi connectivity index (χ4n) is 5.73. The normalized spacial score (nSPS) is 32.4. The maximum absolute atomic E-state index is 6.52. The van der Waals surface area contributed by atoms with E-state index >= 15 is 0 Å². The maximum Gasteiger partial charge on any atom is 0.168 e. The van der Waals surface area contributed by atoms with Crippen LogP contribution in [-0.4, -0.2) is 42.5 Å². The molecule has 2 aliphatic carbocycles. The Morgan fingerprint density at radius 2 is 1.89 bits per heavy atom. The molecular weight excluding hydrogens is 334 g/mol. The number of ether oxygens (including phenoxy) is 2. The molecule has 3 fully saturated rings. The SMILES string of the molecule is C=CCN(CCC1COC2(CCC(C(C)(C)CC(C)C)CC2)O1)C1CCC1. The topological polar surface area (TPSA) is 21.7 Å². The van der Waals surface area contributed by atoms with Crippen LogP contribution >= 0.6 is 0 Å². The standard InChI is InChI=1S/C24H43NO2/c1-6-15-25(21-8-7-9-21)16-12-22-18-26-24(27-22)13-10-20(11-14-24)23(4,5)17-19(2)3/h6,19-22H,1,7-18H2,2-5H3. The van der Waals surface area contributed by atoms with Crippen molar-refractivity contribution in [2.75, 3.05) is 19.7 Å². The summed E-state index contributed by atoms with van der Waals surface area (Å²) in [5.74, 6) is 1.31. The fourth-order valence-corrected chi connectivity index (χ4v) is 5.73. The van der Waals surface area contributed by atoms with Gasteiger partial charge in [-0.1, -0.05) is 40.2 Å². The maximum atomic E-state index is 6.52. The van der Waals surface area contributed by atoms with Gasteiger partial charge in [-0.2, -0.15) is 0 Å². The summed E-state index contributed by atoms with van der Waals surface area (Å²) in [5.41, 5.74) is 0.432. The molecule has 1 aliphatic heterocycles. The number of hydrogen-bond acceptors (Lipinski definition) is 3. The van der Waals surface area contributed by atoms with Gasteiger partial charge in [0.1, 0.15) is 0 Å². The lowest BCUT2D eigenvalue weighted by Crippen LogP contribution is -2.42. The van der Waals surface area contributed by atoms with E-state index in [-0.39, 0.29) is 11.9 Å². The van der Waals surface area contributed by atoms with Crippen molar-refractivity contribution < 1.29 is 9.47 Å². The van der Waals surface area contributed by atoms with Gasteiger partial charge in [-0.25, -0.2) is 0 Å². The molecule has 156 valence electrons. The molecule has 0 aromatic heterocycles. The molecule has 3 aliphatic rings. The molecule has 1 unspecified atom stereocenters. The minimum absolute atomic E-state index is 0.269. The first-order chi connectivity index (χ1) is 12.8. The molecule has 0 radical (unpaired) electrons. The third kappa shape index (κ3) is 5.36.